The number of hydrogen-bond acceptors (Lipinski definition) is 2. The molecule has 0 saturated carbocycles. The van der Waals surface area contributed by atoms with E-state index in [1.807, 2.05) is 0 Å². The summed E-state index contributed by atoms with van der Waals surface area (Å²) in [5.74, 6) is 4.87. The van der Waals surface area contributed by atoms with Crippen LogP contribution >= 0.6 is 0 Å². The molecule has 88 valence electrons. The van der Waals surface area contributed by atoms with Crippen LogP contribution in [0.25, 0.3) is 0 Å². The molecule has 2 rings (SSSR count). The maximum Gasteiger partial charge on any atom is 0.123 e. The molecule has 2 aromatic carbocycles. The van der Waals surface area contributed by atoms with Crippen LogP contribution < -0.4 is 11.3 Å². The van der Waals surface area contributed by atoms with Crippen LogP contribution in [0.2, 0.25) is 0 Å². The molecule has 0 aliphatic carbocycles. The van der Waals surface area contributed by atoms with Gasteiger partial charge in [-0.25, -0.2) is 14.2 Å². The Balaban J connectivity index is 2.33. The van der Waals surface area contributed by atoms with Crippen LogP contribution in [0.3, 0.4) is 0 Å². The topological polar surface area (TPSA) is 38.0 Å². The summed E-state index contributed by atoms with van der Waals surface area (Å²) in [7, 11) is 0. The van der Waals surface area contributed by atoms with Gasteiger partial charge in [-0.3, -0.25) is 5.84 Å². The third-order valence-electron chi connectivity index (χ3n) is 2.57. The average molecular weight is 234 g/mol. The Morgan fingerprint density at radius 1 is 0.765 bits per heavy atom. The number of nitrogens with one attached hydrogen (secondary N) is 1. The summed E-state index contributed by atoms with van der Waals surface area (Å²) < 4.78 is 25.6. The van der Waals surface area contributed by atoms with Crippen LogP contribution in [-0.4, -0.2) is 0 Å². The SMILES string of the molecule is NNC(c1ccc(F)cc1)c1ccc(F)cc1. The zero-order valence-electron chi connectivity index (χ0n) is 9.03. The molecule has 2 aromatic rings. The Kier molecular flexibility index (Phi) is 3.46. The standard InChI is InChI=1S/C13H12F2N2/c14-11-5-1-9(2-6-11)13(17-16)10-3-7-12(15)8-4-10/h1-8,13,17H,16H2. The molecule has 2 nitrogen and oxygen atoms in total. The first kappa shape index (κ1) is 11.7. The van der Waals surface area contributed by atoms with E-state index in [0.717, 1.165) is 11.1 Å². The molecule has 0 bridgehead atoms. The summed E-state index contributed by atoms with van der Waals surface area (Å²) in [6, 6.07) is 11.7. The first-order valence-corrected chi connectivity index (χ1v) is 5.18. The molecule has 0 spiro atoms. The van der Waals surface area contributed by atoms with Gasteiger partial charge in [0.25, 0.3) is 0 Å². The van der Waals surface area contributed by atoms with E-state index in [2.05, 4.69) is 5.43 Å². The number of hydrogen-bond donors (Lipinski definition) is 2. The van der Waals surface area contributed by atoms with Crippen molar-refractivity contribution in [2.45, 2.75) is 6.04 Å². The van der Waals surface area contributed by atoms with Crippen molar-refractivity contribution in [3.05, 3.63) is 71.3 Å². The minimum Gasteiger partial charge on any atom is -0.271 e. The van der Waals surface area contributed by atoms with Crippen LogP contribution in [0.1, 0.15) is 17.2 Å². The Bertz CT molecular complexity index is 434. The molecule has 17 heavy (non-hydrogen) atoms. The zero-order chi connectivity index (χ0) is 12.3. The summed E-state index contributed by atoms with van der Waals surface area (Å²) in [4.78, 5) is 0. The van der Waals surface area contributed by atoms with E-state index >= 15 is 0 Å². The summed E-state index contributed by atoms with van der Waals surface area (Å²) >= 11 is 0. The normalized spacial score (nSPS) is 10.8. The molecule has 0 fully saturated rings. The molecular formula is C13H12F2N2. The van der Waals surface area contributed by atoms with Crippen LogP contribution in [0.5, 0.6) is 0 Å². The van der Waals surface area contributed by atoms with Crippen LogP contribution in [0, 0.1) is 11.6 Å². The van der Waals surface area contributed by atoms with Crippen LogP contribution in [-0.2, 0) is 0 Å². The number of hydrazine groups is 1. The van der Waals surface area contributed by atoms with E-state index in [1.165, 1.54) is 24.3 Å². The zero-order valence-corrected chi connectivity index (χ0v) is 9.03. The minimum atomic E-state index is -0.302. The van der Waals surface area contributed by atoms with E-state index in [0.29, 0.717) is 0 Å². The van der Waals surface area contributed by atoms with Gasteiger partial charge in [-0.1, -0.05) is 24.3 Å². The van der Waals surface area contributed by atoms with E-state index in [1.54, 1.807) is 24.3 Å². The van der Waals surface area contributed by atoms with Gasteiger partial charge in [0, 0.05) is 0 Å². The van der Waals surface area contributed by atoms with Crippen molar-refractivity contribution >= 4 is 0 Å². The molecule has 0 amide bonds. The largest absolute Gasteiger partial charge is 0.271 e. The second-order valence-corrected chi connectivity index (χ2v) is 3.70. The van der Waals surface area contributed by atoms with Crippen molar-refractivity contribution in [2.24, 2.45) is 5.84 Å². The van der Waals surface area contributed by atoms with Crippen molar-refractivity contribution < 1.29 is 8.78 Å². The Morgan fingerprint density at radius 2 is 1.12 bits per heavy atom. The molecular weight excluding hydrogens is 222 g/mol. The highest BCUT2D eigenvalue weighted by Crippen LogP contribution is 2.21. The van der Waals surface area contributed by atoms with Gasteiger partial charge in [0.1, 0.15) is 11.6 Å². The van der Waals surface area contributed by atoms with Gasteiger partial charge >= 0.3 is 0 Å². The minimum absolute atomic E-state index is 0.281. The molecule has 3 N–H and O–H groups in total. The van der Waals surface area contributed by atoms with Gasteiger partial charge in [0.05, 0.1) is 6.04 Å². The highest BCUT2D eigenvalue weighted by molar-refractivity contribution is 5.31. The van der Waals surface area contributed by atoms with Gasteiger partial charge in [-0.2, -0.15) is 0 Å². The van der Waals surface area contributed by atoms with E-state index in [-0.39, 0.29) is 17.7 Å². The Morgan fingerprint density at radius 3 is 1.41 bits per heavy atom. The summed E-state index contributed by atoms with van der Waals surface area (Å²) in [5, 5.41) is 0. The van der Waals surface area contributed by atoms with Crippen molar-refractivity contribution in [3.63, 3.8) is 0 Å². The quantitative estimate of drug-likeness (QED) is 0.632. The van der Waals surface area contributed by atoms with Gasteiger partial charge < -0.3 is 0 Å². The Hall–Kier alpha value is -1.78. The third kappa shape index (κ3) is 2.67. The second-order valence-electron chi connectivity index (χ2n) is 3.70. The number of rotatable bonds is 3. The molecule has 0 radical (unpaired) electrons. The fourth-order valence-electron chi connectivity index (χ4n) is 1.70. The smallest absolute Gasteiger partial charge is 0.123 e. The lowest BCUT2D eigenvalue weighted by atomic mass is 9.99. The maximum atomic E-state index is 12.8. The third-order valence-corrected chi connectivity index (χ3v) is 2.57. The highest BCUT2D eigenvalue weighted by atomic mass is 19.1. The monoisotopic (exact) mass is 234 g/mol. The maximum absolute atomic E-state index is 12.8. The van der Waals surface area contributed by atoms with Crippen LogP contribution in [0.4, 0.5) is 8.78 Å². The summed E-state index contributed by atoms with van der Waals surface area (Å²) in [6.45, 7) is 0. The van der Waals surface area contributed by atoms with Gasteiger partial charge in [-0.15, -0.1) is 0 Å². The van der Waals surface area contributed by atoms with Crippen molar-refractivity contribution in [3.8, 4) is 0 Å². The van der Waals surface area contributed by atoms with Gasteiger partial charge in [0.2, 0.25) is 0 Å². The predicted octanol–water partition coefficient (Wildman–Crippen LogP) is 2.52. The first-order chi connectivity index (χ1) is 8.20. The lowest BCUT2D eigenvalue weighted by molar-refractivity contribution is 0.609. The first-order valence-electron chi connectivity index (χ1n) is 5.18. The molecule has 0 aliphatic rings. The van der Waals surface area contributed by atoms with Crippen LogP contribution in [0.15, 0.2) is 48.5 Å². The molecule has 0 unspecified atom stereocenters. The summed E-state index contributed by atoms with van der Waals surface area (Å²) in [5.41, 5.74) is 4.27. The van der Waals surface area contributed by atoms with Gasteiger partial charge in [-0.05, 0) is 35.4 Å². The van der Waals surface area contributed by atoms with E-state index in [9.17, 15) is 8.78 Å². The number of halogens is 2. The summed E-state index contributed by atoms with van der Waals surface area (Å²) in [6.07, 6.45) is 0. The molecule has 0 aliphatic heterocycles. The highest BCUT2D eigenvalue weighted by Gasteiger charge is 2.12. The van der Waals surface area contributed by atoms with E-state index in [4.69, 9.17) is 5.84 Å². The fraction of sp³-hybridized carbons (Fsp3) is 0.0769. The second kappa shape index (κ2) is 5.03. The lowest BCUT2D eigenvalue weighted by Crippen LogP contribution is -2.28. The van der Waals surface area contributed by atoms with Gasteiger partial charge in [0.15, 0.2) is 0 Å². The van der Waals surface area contributed by atoms with Crippen molar-refractivity contribution in [1.29, 1.82) is 0 Å². The molecule has 4 heteroatoms. The molecule has 0 atom stereocenters. The molecule has 0 saturated heterocycles. The lowest BCUT2D eigenvalue weighted by Gasteiger charge is -2.16. The Labute approximate surface area is 98.0 Å². The number of benzene rings is 2. The van der Waals surface area contributed by atoms with Crippen molar-refractivity contribution in [1.82, 2.24) is 5.43 Å². The molecule has 0 aromatic heterocycles. The predicted molar refractivity (Wildman–Crippen MR) is 62.0 cm³/mol. The van der Waals surface area contributed by atoms with E-state index < -0.39 is 0 Å². The fourth-order valence-corrected chi connectivity index (χ4v) is 1.70. The number of nitrogens with two attached hydrogens (primary N) is 1. The molecule has 0 heterocycles. The van der Waals surface area contributed by atoms with Crippen molar-refractivity contribution in [2.75, 3.05) is 0 Å². The average Bonchev–Trinajstić information content (AvgIpc) is 2.35.